The summed E-state index contributed by atoms with van der Waals surface area (Å²) >= 11 is 6.47. The molecule has 0 radical (unpaired) electrons. The van der Waals surface area contributed by atoms with E-state index in [2.05, 4.69) is 5.32 Å². The number of carbonyl (C=O) groups is 1. The molecule has 0 spiro atoms. The summed E-state index contributed by atoms with van der Waals surface area (Å²) in [7, 11) is 0. The number of allylic oxidation sites excluding steroid dienone is 2. The predicted octanol–water partition coefficient (Wildman–Crippen LogP) is 4.22. The lowest BCUT2D eigenvalue weighted by Crippen LogP contribution is -2.55. The van der Waals surface area contributed by atoms with Crippen molar-refractivity contribution in [2.24, 2.45) is 0 Å². The van der Waals surface area contributed by atoms with Crippen LogP contribution in [0.3, 0.4) is 0 Å². The minimum atomic E-state index is -4.05. The third-order valence-corrected chi connectivity index (χ3v) is 10.2. The molecule has 4 heterocycles. The van der Waals surface area contributed by atoms with Crippen molar-refractivity contribution >= 4 is 36.3 Å². The Morgan fingerprint density at radius 3 is 2.55 bits per heavy atom. The van der Waals surface area contributed by atoms with Gasteiger partial charge in [0.15, 0.2) is 5.70 Å². The van der Waals surface area contributed by atoms with Gasteiger partial charge in [-0.1, -0.05) is 35.9 Å². The molecule has 5 N–H and O–H groups in total. The van der Waals surface area contributed by atoms with E-state index in [0.29, 0.717) is 71.5 Å². The molecule has 3 aliphatic rings. The highest BCUT2D eigenvalue weighted by Crippen LogP contribution is 2.36. The van der Waals surface area contributed by atoms with Gasteiger partial charge in [-0.05, 0) is 85.3 Å². The first-order valence-corrected chi connectivity index (χ1v) is 17.6. The van der Waals surface area contributed by atoms with Crippen molar-refractivity contribution in [2.45, 2.75) is 76.5 Å². The van der Waals surface area contributed by atoms with Crippen LogP contribution in [0.2, 0.25) is 5.02 Å². The lowest BCUT2D eigenvalue weighted by atomic mass is 9.90. The van der Waals surface area contributed by atoms with Crippen molar-refractivity contribution in [3.05, 3.63) is 105 Å². The monoisotopic (exact) mass is 725 g/mol. The van der Waals surface area contributed by atoms with Crippen LogP contribution in [0.15, 0.2) is 66.4 Å². The second kappa shape index (κ2) is 15.4. The standard InChI is InChI=1S/C37H43BClF2N3O7/c1-22-17-23(2)43-31(22)20-28-9-8-27(44(28)38(43,40)41)10-14-33(46)42-15-3-4-16-50-29-11-5-24(6-12-29)18-26-19-25(7-13-30(26)39)37-36(49)35(48)34(47)32(21-45)51-37/h5-9,11-13,17,19-20,32,34-37,45,47-49H,3-4,10,14-16,18,21H2,1-2H3,(H,42,46)/t32-,34-,35+,36-,37+/m1/s1. The quantitative estimate of drug-likeness (QED) is 0.132. The van der Waals surface area contributed by atoms with Crippen LogP contribution in [0, 0.1) is 13.8 Å². The number of rotatable bonds is 13. The normalized spacial score (nSPS) is 23.5. The minimum absolute atomic E-state index is 0.109. The van der Waals surface area contributed by atoms with E-state index in [1.807, 2.05) is 31.2 Å². The highest BCUT2D eigenvalue weighted by molar-refractivity contribution is 6.58. The second-order valence-corrected chi connectivity index (χ2v) is 13.8. The Labute approximate surface area is 300 Å². The number of nitrogens with one attached hydrogen (secondary N) is 1. The summed E-state index contributed by atoms with van der Waals surface area (Å²) in [5.41, 5.74) is 5.02. The zero-order chi connectivity index (χ0) is 36.4. The number of carbonyl (C=O) groups excluding carboxylic acids is 1. The van der Waals surface area contributed by atoms with Gasteiger partial charge >= 0.3 is 6.97 Å². The summed E-state index contributed by atoms with van der Waals surface area (Å²) in [6, 6.07) is 14.5. The van der Waals surface area contributed by atoms with Gasteiger partial charge in [-0.15, -0.1) is 0 Å². The van der Waals surface area contributed by atoms with Gasteiger partial charge in [-0.25, -0.2) is 0 Å². The van der Waals surface area contributed by atoms with E-state index in [9.17, 15) is 25.2 Å². The van der Waals surface area contributed by atoms with Gasteiger partial charge in [-0.3, -0.25) is 4.79 Å². The molecule has 0 bridgehead atoms. The van der Waals surface area contributed by atoms with Crippen molar-refractivity contribution in [2.75, 3.05) is 19.8 Å². The lowest BCUT2D eigenvalue weighted by molar-refractivity contribution is -0.362. The van der Waals surface area contributed by atoms with Crippen LogP contribution in [0.5, 0.6) is 5.75 Å². The van der Waals surface area contributed by atoms with E-state index in [1.165, 1.54) is 0 Å². The fourth-order valence-electron chi connectivity index (χ4n) is 7.08. The predicted molar refractivity (Wildman–Crippen MR) is 190 cm³/mol. The number of fused-ring (bicyclic) bond motifs is 2. The molecule has 1 fully saturated rings. The summed E-state index contributed by atoms with van der Waals surface area (Å²) in [4.78, 5) is 12.5. The van der Waals surface area contributed by atoms with E-state index < -0.39 is 44.1 Å². The first-order chi connectivity index (χ1) is 24.4. The van der Waals surface area contributed by atoms with Crippen LogP contribution in [0.1, 0.15) is 65.4 Å². The summed E-state index contributed by atoms with van der Waals surface area (Å²) in [5.74, 6) is 0.498. The Balaban J connectivity index is 0.927. The molecular weight excluding hydrogens is 683 g/mol. The topological polar surface area (TPSA) is 136 Å². The molecule has 1 saturated heterocycles. The number of aromatic nitrogens is 1. The number of hydrogen-bond donors (Lipinski definition) is 5. The number of aliphatic hydroxyl groups is 4. The Morgan fingerprint density at radius 2 is 1.80 bits per heavy atom. The average molecular weight is 726 g/mol. The number of aliphatic hydroxyl groups excluding tert-OH is 4. The van der Waals surface area contributed by atoms with Gasteiger partial charge in [0.1, 0.15) is 42.0 Å². The van der Waals surface area contributed by atoms with E-state index in [1.54, 1.807) is 49.4 Å². The summed E-state index contributed by atoms with van der Waals surface area (Å²) in [6.45, 7) is -0.135. The molecule has 1 aromatic heterocycles. The number of amides is 1. The van der Waals surface area contributed by atoms with Crippen molar-refractivity contribution in [1.82, 2.24) is 9.79 Å². The van der Waals surface area contributed by atoms with E-state index in [-0.39, 0.29) is 18.7 Å². The van der Waals surface area contributed by atoms with Crippen LogP contribution in [-0.2, 0) is 16.0 Å². The average Bonchev–Trinajstić information content (AvgIpc) is 3.66. The molecule has 10 nitrogen and oxygen atoms in total. The van der Waals surface area contributed by atoms with Crippen LogP contribution in [0.4, 0.5) is 8.63 Å². The SMILES string of the molecule is Cc1cc(C)n2c1C=C1C=CC(CCC(=O)NCCCCOc3ccc(Cc4cc([C@@H]5O[C@H](CO)[C@@H](O)[C@H](O)[C@H]5O)ccc4Cl)cc3)=[N+]1[B-]2(F)F. The summed E-state index contributed by atoms with van der Waals surface area (Å²) in [5, 5.41) is 43.7. The number of benzene rings is 2. The van der Waals surface area contributed by atoms with Crippen LogP contribution < -0.4 is 10.1 Å². The van der Waals surface area contributed by atoms with Crippen LogP contribution >= 0.6 is 11.6 Å². The smallest absolute Gasteiger partial charge is 0.494 e. The maximum absolute atomic E-state index is 15.6. The van der Waals surface area contributed by atoms with E-state index in [4.69, 9.17) is 21.1 Å². The number of aryl methyl sites for hydroxylation is 2. The molecule has 3 aromatic rings. The molecule has 0 aliphatic carbocycles. The molecule has 6 rings (SSSR count). The van der Waals surface area contributed by atoms with Crippen molar-refractivity contribution < 1.29 is 47.8 Å². The summed E-state index contributed by atoms with van der Waals surface area (Å²) < 4.78 is 44.9. The maximum Gasteiger partial charge on any atom is 0.737 e. The molecule has 14 heteroatoms. The van der Waals surface area contributed by atoms with Gasteiger partial charge < -0.3 is 52.8 Å². The summed E-state index contributed by atoms with van der Waals surface area (Å²) in [6.07, 6.45) is 1.09. The van der Waals surface area contributed by atoms with E-state index in [0.717, 1.165) is 25.7 Å². The number of halogens is 3. The largest absolute Gasteiger partial charge is 0.737 e. The van der Waals surface area contributed by atoms with Gasteiger partial charge in [0.2, 0.25) is 5.91 Å². The molecule has 2 aromatic carbocycles. The molecule has 5 atom stereocenters. The fourth-order valence-corrected chi connectivity index (χ4v) is 7.26. The number of hydrogen-bond acceptors (Lipinski definition) is 7. The van der Waals surface area contributed by atoms with Crippen LogP contribution in [-0.4, -0.2) is 92.2 Å². The minimum Gasteiger partial charge on any atom is -0.494 e. The fraction of sp³-hybridized carbons (Fsp3) is 0.405. The first-order valence-electron chi connectivity index (χ1n) is 17.2. The van der Waals surface area contributed by atoms with Gasteiger partial charge in [0.25, 0.3) is 0 Å². The third-order valence-electron chi connectivity index (χ3n) is 9.79. The Kier molecular flexibility index (Phi) is 11.2. The Morgan fingerprint density at radius 1 is 1.04 bits per heavy atom. The van der Waals surface area contributed by atoms with Crippen molar-refractivity contribution in [3.63, 3.8) is 0 Å². The van der Waals surface area contributed by atoms with Gasteiger partial charge in [0, 0.05) is 48.3 Å². The molecular formula is C37H43BClF2N3O7. The first kappa shape index (κ1) is 36.9. The molecule has 3 aliphatic heterocycles. The zero-order valence-electron chi connectivity index (χ0n) is 28.5. The van der Waals surface area contributed by atoms with Crippen molar-refractivity contribution in [3.8, 4) is 5.75 Å². The number of unbranched alkanes of at least 4 members (excludes halogenated alkanes) is 1. The van der Waals surface area contributed by atoms with Crippen LogP contribution in [0.25, 0.3) is 6.08 Å². The van der Waals surface area contributed by atoms with Gasteiger partial charge in [-0.2, -0.15) is 0 Å². The zero-order valence-corrected chi connectivity index (χ0v) is 29.3. The molecule has 0 saturated carbocycles. The van der Waals surface area contributed by atoms with E-state index >= 15 is 8.63 Å². The second-order valence-electron chi connectivity index (χ2n) is 13.4. The third kappa shape index (κ3) is 7.69. The van der Waals surface area contributed by atoms with Crippen molar-refractivity contribution in [1.29, 1.82) is 0 Å². The number of nitrogens with zero attached hydrogens (tertiary/aromatic N) is 2. The Bertz CT molecular complexity index is 1860. The lowest BCUT2D eigenvalue weighted by Gasteiger charge is -2.40. The maximum atomic E-state index is 15.6. The highest BCUT2D eigenvalue weighted by atomic mass is 35.5. The molecule has 0 unspecified atom stereocenters. The molecule has 1 amide bonds. The van der Waals surface area contributed by atoms with Gasteiger partial charge in [0.05, 0.1) is 13.2 Å². The molecule has 272 valence electrons. The Hall–Kier alpha value is -3.85. The highest BCUT2D eigenvalue weighted by Gasteiger charge is 2.52. The number of ether oxygens (including phenoxy) is 2. The molecule has 51 heavy (non-hydrogen) atoms.